The van der Waals surface area contributed by atoms with Gasteiger partial charge in [-0.05, 0) is 18.8 Å². The molecule has 1 aromatic heterocycles. The second-order valence-electron chi connectivity index (χ2n) is 4.64. The predicted octanol–water partition coefficient (Wildman–Crippen LogP) is 1.04. The van der Waals surface area contributed by atoms with Gasteiger partial charge in [-0.2, -0.15) is 0 Å². The van der Waals surface area contributed by atoms with E-state index in [4.69, 9.17) is 4.84 Å². The van der Waals surface area contributed by atoms with Crippen LogP contribution in [0.15, 0.2) is 12.1 Å². The Morgan fingerprint density at radius 3 is 2.33 bits per heavy atom. The number of aromatic hydroxyl groups is 2. The smallest absolute Gasteiger partial charge is 0.335 e. The highest BCUT2D eigenvalue weighted by Crippen LogP contribution is 2.19. The standard InChI is InChI=1S/C12H19NO5/c1-8(2)3-4-9(14)7-12(17)18-13-10(15)5-6-11(13)16/h5-6,8-9,14-16H,3-4,7H2,1-2H3. The fourth-order valence-electron chi connectivity index (χ4n) is 1.45. The lowest BCUT2D eigenvalue weighted by Crippen LogP contribution is -2.24. The van der Waals surface area contributed by atoms with Gasteiger partial charge in [-0.1, -0.05) is 13.8 Å². The number of hydrogen-bond donors (Lipinski definition) is 3. The molecule has 0 aliphatic carbocycles. The van der Waals surface area contributed by atoms with E-state index in [1.807, 2.05) is 13.8 Å². The van der Waals surface area contributed by atoms with Gasteiger partial charge in [0.2, 0.25) is 11.8 Å². The quantitative estimate of drug-likeness (QED) is 0.708. The van der Waals surface area contributed by atoms with Crippen LogP contribution in [0, 0.1) is 5.92 Å². The van der Waals surface area contributed by atoms with E-state index in [2.05, 4.69) is 0 Å². The first kappa shape index (κ1) is 14.4. The van der Waals surface area contributed by atoms with Crippen LogP contribution in [-0.2, 0) is 4.79 Å². The summed E-state index contributed by atoms with van der Waals surface area (Å²) < 4.78 is 0.609. The van der Waals surface area contributed by atoms with Gasteiger partial charge in [0.1, 0.15) is 0 Å². The van der Waals surface area contributed by atoms with E-state index in [1.54, 1.807) is 0 Å². The zero-order valence-electron chi connectivity index (χ0n) is 10.5. The van der Waals surface area contributed by atoms with Crippen LogP contribution >= 0.6 is 0 Å². The zero-order valence-corrected chi connectivity index (χ0v) is 10.5. The van der Waals surface area contributed by atoms with Gasteiger partial charge in [-0.15, -0.1) is 4.73 Å². The van der Waals surface area contributed by atoms with Gasteiger partial charge < -0.3 is 20.2 Å². The van der Waals surface area contributed by atoms with Crippen molar-refractivity contribution in [3.05, 3.63) is 12.1 Å². The number of carbonyl (C=O) groups is 1. The molecule has 0 saturated heterocycles. The third-order valence-corrected chi connectivity index (χ3v) is 2.47. The van der Waals surface area contributed by atoms with E-state index >= 15 is 0 Å². The minimum Gasteiger partial charge on any atom is -0.492 e. The Balaban J connectivity index is 2.42. The number of aliphatic hydroxyl groups excluding tert-OH is 1. The first-order valence-corrected chi connectivity index (χ1v) is 5.89. The summed E-state index contributed by atoms with van der Waals surface area (Å²) in [5.41, 5.74) is 0. The molecule has 0 spiro atoms. The molecule has 0 saturated carbocycles. The van der Waals surface area contributed by atoms with Crippen LogP contribution in [0.4, 0.5) is 0 Å². The number of nitrogens with zero attached hydrogens (tertiary/aromatic N) is 1. The van der Waals surface area contributed by atoms with Crippen LogP contribution in [0.2, 0.25) is 0 Å². The Bertz CT molecular complexity index is 380. The van der Waals surface area contributed by atoms with Crippen molar-refractivity contribution >= 4 is 5.97 Å². The molecule has 0 fully saturated rings. The van der Waals surface area contributed by atoms with E-state index in [9.17, 15) is 20.1 Å². The average Bonchev–Trinajstić information content (AvgIpc) is 2.58. The topological polar surface area (TPSA) is 91.9 Å². The molecule has 6 nitrogen and oxygen atoms in total. The van der Waals surface area contributed by atoms with Crippen LogP contribution in [-0.4, -0.2) is 32.1 Å². The Morgan fingerprint density at radius 1 is 1.28 bits per heavy atom. The molecule has 6 heteroatoms. The maximum atomic E-state index is 11.4. The molecule has 0 bridgehead atoms. The second-order valence-corrected chi connectivity index (χ2v) is 4.64. The SMILES string of the molecule is CC(C)CCC(O)CC(=O)On1c(O)ccc1O. The molecule has 102 valence electrons. The maximum Gasteiger partial charge on any atom is 0.335 e. The summed E-state index contributed by atoms with van der Waals surface area (Å²) in [7, 11) is 0. The fourth-order valence-corrected chi connectivity index (χ4v) is 1.45. The Morgan fingerprint density at radius 2 is 1.83 bits per heavy atom. The highest BCUT2D eigenvalue weighted by molar-refractivity contribution is 5.70. The largest absolute Gasteiger partial charge is 0.492 e. The molecule has 0 aromatic carbocycles. The molecule has 1 heterocycles. The molecule has 1 atom stereocenters. The third kappa shape index (κ3) is 4.29. The van der Waals surface area contributed by atoms with Crippen LogP contribution in [0.3, 0.4) is 0 Å². The lowest BCUT2D eigenvalue weighted by molar-refractivity contribution is -0.147. The van der Waals surface area contributed by atoms with Gasteiger partial charge in [0.15, 0.2) is 0 Å². The van der Waals surface area contributed by atoms with E-state index in [-0.39, 0.29) is 18.2 Å². The molecule has 3 N–H and O–H groups in total. The monoisotopic (exact) mass is 257 g/mol. The number of aliphatic hydroxyl groups is 1. The normalized spacial score (nSPS) is 12.7. The summed E-state index contributed by atoms with van der Waals surface area (Å²) >= 11 is 0. The molecule has 0 radical (unpaired) electrons. The molecule has 1 unspecified atom stereocenters. The zero-order chi connectivity index (χ0) is 13.7. The van der Waals surface area contributed by atoms with E-state index in [1.165, 1.54) is 12.1 Å². The van der Waals surface area contributed by atoms with Crippen molar-refractivity contribution in [2.45, 2.75) is 39.2 Å². The first-order chi connectivity index (χ1) is 8.40. The maximum absolute atomic E-state index is 11.4. The minimum absolute atomic E-state index is 0.177. The molecule has 0 aliphatic heterocycles. The van der Waals surface area contributed by atoms with Crippen LogP contribution in [0.25, 0.3) is 0 Å². The van der Waals surface area contributed by atoms with Crippen molar-refractivity contribution in [3.8, 4) is 11.8 Å². The van der Waals surface area contributed by atoms with Gasteiger partial charge in [-0.3, -0.25) is 0 Å². The average molecular weight is 257 g/mol. The lowest BCUT2D eigenvalue weighted by atomic mass is 10.0. The van der Waals surface area contributed by atoms with Crippen molar-refractivity contribution in [2.75, 3.05) is 0 Å². The van der Waals surface area contributed by atoms with Crippen molar-refractivity contribution in [3.63, 3.8) is 0 Å². The Kier molecular flexibility index (Phi) is 5.03. The van der Waals surface area contributed by atoms with Gasteiger partial charge in [0, 0.05) is 12.1 Å². The highest BCUT2D eigenvalue weighted by atomic mass is 16.7. The van der Waals surface area contributed by atoms with Gasteiger partial charge in [-0.25, -0.2) is 4.79 Å². The van der Waals surface area contributed by atoms with E-state index in [0.29, 0.717) is 17.1 Å². The molecule has 1 rings (SSSR count). The predicted molar refractivity (Wildman–Crippen MR) is 64.0 cm³/mol. The van der Waals surface area contributed by atoms with Crippen LogP contribution in [0.1, 0.15) is 33.1 Å². The fraction of sp³-hybridized carbons (Fsp3) is 0.583. The third-order valence-electron chi connectivity index (χ3n) is 2.47. The Hall–Kier alpha value is -1.69. The van der Waals surface area contributed by atoms with Crippen molar-refractivity contribution in [1.82, 2.24) is 4.73 Å². The summed E-state index contributed by atoms with van der Waals surface area (Å²) in [5.74, 6) is -1.02. The first-order valence-electron chi connectivity index (χ1n) is 5.89. The van der Waals surface area contributed by atoms with Gasteiger partial charge in [0.05, 0.1) is 12.5 Å². The minimum atomic E-state index is -0.778. The van der Waals surface area contributed by atoms with Crippen LogP contribution < -0.4 is 4.84 Å². The molecule has 0 amide bonds. The van der Waals surface area contributed by atoms with Gasteiger partial charge >= 0.3 is 5.97 Å². The summed E-state index contributed by atoms with van der Waals surface area (Å²) in [4.78, 5) is 16.2. The summed E-state index contributed by atoms with van der Waals surface area (Å²) in [6.07, 6.45) is 0.369. The highest BCUT2D eigenvalue weighted by Gasteiger charge is 2.16. The summed E-state index contributed by atoms with van der Waals surface area (Å²) in [6, 6.07) is 2.38. The number of rotatable bonds is 6. The number of hydrogen-bond acceptors (Lipinski definition) is 5. The summed E-state index contributed by atoms with van der Waals surface area (Å²) in [5, 5.41) is 28.1. The molecular weight excluding hydrogens is 238 g/mol. The van der Waals surface area contributed by atoms with E-state index < -0.39 is 12.1 Å². The molecule has 18 heavy (non-hydrogen) atoms. The second kappa shape index (κ2) is 6.30. The van der Waals surface area contributed by atoms with Crippen molar-refractivity contribution in [2.24, 2.45) is 5.92 Å². The van der Waals surface area contributed by atoms with Crippen LogP contribution in [0.5, 0.6) is 11.8 Å². The molecule has 1 aromatic rings. The van der Waals surface area contributed by atoms with E-state index in [0.717, 1.165) is 6.42 Å². The number of aromatic nitrogens is 1. The molecule has 0 aliphatic rings. The Labute approximate surface area is 105 Å². The van der Waals surface area contributed by atoms with Crippen molar-refractivity contribution in [1.29, 1.82) is 0 Å². The summed E-state index contributed by atoms with van der Waals surface area (Å²) in [6.45, 7) is 4.06. The van der Waals surface area contributed by atoms with Crippen molar-refractivity contribution < 1.29 is 25.0 Å². The lowest BCUT2D eigenvalue weighted by Gasteiger charge is -2.12. The number of carbonyl (C=O) groups excluding carboxylic acids is 1. The molecular formula is C12H19NO5. The van der Waals surface area contributed by atoms with Gasteiger partial charge in [0.25, 0.3) is 0 Å².